The average Bonchev–Trinajstić information content (AvgIpc) is 2.79. The van der Waals surface area contributed by atoms with Crippen molar-refractivity contribution >= 4 is 11.9 Å². The number of β-amino-alcohol motifs (C(OH)–C–C–N with tert-alkyl or cyclic N) is 1. The Labute approximate surface area is 130 Å². The molecule has 3 rings (SSSR count). The van der Waals surface area contributed by atoms with Crippen molar-refractivity contribution in [3.05, 3.63) is 35.9 Å². The van der Waals surface area contributed by atoms with Crippen molar-refractivity contribution in [2.24, 2.45) is 0 Å². The predicted octanol–water partition coefficient (Wildman–Crippen LogP) is 1.80. The summed E-state index contributed by atoms with van der Waals surface area (Å²) in [7, 11) is 0. The van der Waals surface area contributed by atoms with Crippen LogP contribution in [0.25, 0.3) is 0 Å². The van der Waals surface area contributed by atoms with Gasteiger partial charge in [0, 0.05) is 6.54 Å². The summed E-state index contributed by atoms with van der Waals surface area (Å²) in [5.41, 5.74) is 1.15. The van der Waals surface area contributed by atoms with Gasteiger partial charge in [0.1, 0.15) is 6.04 Å². The van der Waals surface area contributed by atoms with E-state index in [0.29, 0.717) is 13.0 Å². The molecule has 1 aromatic carbocycles. The van der Waals surface area contributed by atoms with E-state index in [0.717, 1.165) is 31.2 Å². The number of aliphatic hydroxyl groups is 1. The van der Waals surface area contributed by atoms with Crippen LogP contribution in [0, 0.1) is 0 Å². The number of nitrogens with zero attached hydrogens (tertiary/aromatic N) is 2. The number of rotatable bonds is 5. The Morgan fingerprint density at radius 3 is 2.68 bits per heavy atom. The van der Waals surface area contributed by atoms with Crippen molar-refractivity contribution in [2.45, 2.75) is 44.2 Å². The maximum atomic E-state index is 12.3. The first kappa shape index (κ1) is 15.0. The van der Waals surface area contributed by atoms with Crippen molar-refractivity contribution in [3.8, 4) is 0 Å². The molecule has 3 amide bonds. The molecule has 2 fully saturated rings. The lowest BCUT2D eigenvalue weighted by atomic mass is 10.0. The van der Waals surface area contributed by atoms with E-state index >= 15 is 0 Å². The quantitative estimate of drug-likeness (QED) is 0.844. The molecule has 2 aliphatic rings. The third-order valence-corrected chi connectivity index (χ3v) is 4.53. The number of hydrogen-bond acceptors (Lipinski definition) is 3. The van der Waals surface area contributed by atoms with Crippen LogP contribution >= 0.6 is 0 Å². The predicted molar refractivity (Wildman–Crippen MR) is 82.2 cm³/mol. The minimum atomic E-state index is -0.672. The number of piperidine rings is 1. The van der Waals surface area contributed by atoms with E-state index < -0.39 is 6.10 Å². The van der Waals surface area contributed by atoms with E-state index in [-0.39, 0.29) is 24.5 Å². The minimum Gasteiger partial charge on any atom is -0.391 e. The number of aryl methyl sites for hydroxylation is 1. The van der Waals surface area contributed by atoms with Crippen LogP contribution in [0.3, 0.4) is 0 Å². The van der Waals surface area contributed by atoms with E-state index in [9.17, 15) is 14.7 Å². The Morgan fingerprint density at radius 1 is 1.18 bits per heavy atom. The fraction of sp³-hybridized carbons (Fsp3) is 0.529. The maximum absolute atomic E-state index is 12.3. The number of hydrogen-bond donors (Lipinski definition) is 1. The zero-order valence-electron chi connectivity index (χ0n) is 12.6. The standard InChI is InChI=1S/C17H22N2O3/c20-14(10-9-13-6-2-1-3-7-13)12-19-16(21)15-8-4-5-11-18(15)17(19)22/h1-3,6-7,14-15,20H,4-5,8-12H2. The summed E-state index contributed by atoms with van der Waals surface area (Å²) in [6.45, 7) is 0.767. The number of imide groups is 1. The lowest BCUT2D eigenvalue weighted by Gasteiger charge is -2.26. The highest BCUT2D eigenvalue weighted by atomic mass is 16.3. The summed E-state index contributed by atoms with van der Waals surface area (Å²) in [5.74, 6) is -0.136. The van der Waals surface area contributed by atoms with Gasteiger partial charge in [-0.25, -0.2) is 4.79 Å². The summed E-state index contributed by atoms with van der Waals surface area (Å²) < 4.78 is 0. The second kappa shape index (κ2) is 6.48. The van der Waals surface area contributed by atoms with Gasteiger partial charge in [-0.15, -0.1) is 0 Å². The summed E-state index contributed by atoms with van der Waals surface area (Å²) in [6.07, 6.45) is 3.32. The number of carbonyl (C=O) groups excluding carboxylic acids is 2. The lowest BCUT2D eigenvalue weighted by molar-refractivity contribution is -0.129. The van der Waals surface area contributed by atoms with Crippen LogP contribution < -0.4 is 0 Å². The first-order valence-corrected chi connectivity index (χ1v) is 8.01. The number of urea groups is 1. The van der Waals surface area contributed by atoms with Gasteiger partial charge in [-0.3, -0.25) is 9.69 Å². The molecule has 2 aliphatic heterocycles. The Bertz CT molecular complexity index is 522. The van der Waals surface area contributed by atoms with Gasteiger partial charge in [0.2, 0.25) is 0 Å². The molecule has 0 radical (unpaired) electrons. The molecule has 1 aromatic rings. The SMILES string of the molecule is O=C1C2CCCCN2C(=O)N1CC(O)CCc1ccccc1. The van der Waals surface area contributed by atoms with Gasteiger partial charge in [-0.1, -0.05) is 30.3 Å². The highest BCUT2D eigenvalue weighted by molar-refractivity contribution is 6.04. The van der Waals surface area contributed by atoms with Crippen LogP contribution in [0.4, 0.5) is 4.79 Å². The lowest BCUT2D eigenvalue weighted by Crippen LogP contribution is -2.39. The highest BCUT2D eigenvalue weighted by Crippen LogP contribution is 2.26. The second-order valence-corrected chi connectivity index (χ2v) is 6.11. The molecule has 0 spiro atoms. The molecule has 5 nitrogen and oxygen atoms in total. The smallest absolute Gasteiger partial charge is 0.327 e. The number of amides is 3. The first-order chi connectivity index (χ1) is 10.7. The van der Waals surface area contributed by atoms with Crippen LogP contribution in [0.2, 0.25) is 0 Å². The Kier molecular flexibility index (Phi) is 4.43. The Hall–Kier alpha value is -1.88. The first-order valence-electron chi connectivity index (χ1n) is 8.01. The van der Waals surface area contributed by atoms with E-state index in [4.69, 9.17) is 0 Å². The van der Waals surface area contributed by atoms with Crippen molar-refractivity contribution in [1.82, 2.24) is 9.80 Å². The molecule has 0 aromatic heterocycles. The van der Waals surface area contributed by atoms with E-state index in [1.54, 1.807) is 4.90 Å². The molecule has 22 heavy (non-hydrogen) atoms. The molecule has 0 aliphatic carbocycles. The molecule has 2 heterocycles. The third kappa shape index (κ3) is 2.99. The number of aliphatic hydroxyl groups excluding tert-OH is 1. The van der Waals surface area contributed by atoms with Crippen molar-refractivity contribution in [2.75, 3.05) is 13.1 Å². The highest BCUT2D eigenvalue weighted by Gasteiger charge is 2.46. The fourth-order valence-corrected chi connectivity index (χ4v) is 3.29. The minimum absolute atomic E-state index is 0.109. The molecular formula is C17H22N2O3. The summed E-state index contributed by atoms with van der Waals surface area (Å²) in [5, 5.41) is 10.2. The fourth-order valence-electron chi connectivity index (χ4n) is 3.29. The average molecular weight is 302 g/mol. The third-order valence-electron chi connectivity index (χ3n) is 4.53. The number of benzene rings is 1. The Morgan fingerprint density at radius 2 is 1.95 bits per heavy atom. The van der Waals surface area contributed by atoms with Crippen molar-refractivity contribution < 1.29 is 14.7 Å². The number of fused-ring (bicyclic) bond motifs is 1. The van der Waals surface area contributed by atoms with Crippen LogP contribution in [-0.4, -0.2) is 52.1 Å². The summed E-state index contributed by atoms with van der Waals surface area (Å²) >= 11 is 0. The molecule has 2 saturated heterocycles. The van der Waals surface area contributed by atoms with Crippen LogP contribution in [0.1, 0.15) is 31.2 Å². The van der Waals surface area contributed by atoms with Gasteiger partial charge in [0.25, 0.3) is 5.91 Å². The van der Waals surface area contributed by atoms with Crippen LogP contribution in [0.15, 0.2) is 30.3 Å². The van der Waals surface area contributed by atoms with Gasteiger partial charge >= 0.3 is 6.03 Å². The second-order valence-electron chi connectivity index (χ2n) is 6.11. The molecule has 118 valence electrons. The van der Waals surface area contributed by atoms with Gasteiger partial charge in [-0.2, -0.15) is 0 Å². The number of carbonyl (C=O) groups is 2. The van der Waals surface area contributed by atoms with E-state index in [2.05, 4.69) is 0 Å². The monoisotopic (exact) mass is 302 g/mol. The zero-order chi connectivity index (χ0) is 15.5. The molecular weight excluding hydrogens is 280 g/mol. The van der Waals surface area contributed by atoms with Gasteiger partial charge in [0.15, 0.2) is 0 Å². The molecule has 2 unspecified atom stereocenters. The van der Waals surface area contributed by atoms with Crippen LogP contribution in [-0.2, 0) is 11.2 Å². The van der Waals surface area contributed by atoms with Gasteiger partial charge in [-0.05, 0) is 37.7 Å². The molecule has 5 heteroatoms. The van der Waals surface area contributed by atoms with E-state index in [1.807, 2.05) is 30.3 Å². The molecule has 0 saturated carbocycles. The Balaban J connectivity index is 1.56. The molecule has 1 N–H and O–H groups in total. The largest absolute Gasteiger partial charge is 0.391 e. The summed E-state index contributed by atoms with van der Waals surface area (Å²) in [6, 6.07) is 9.40. The van der Waals surface area contributed by atoms with Crippen molar-refractivity contribution in [1.29, 1.82) is 0 Å². The molecule has 0 bridgehead atoms. The maximum Gasteiger partial charge on any atom is 0.327 e. The zero-order valence-corrected chi connectivity index (χ0v) is 12.6. The topological polar surface area (TPSA) is 60.9 Å². The van der Waals surface area contributed by atoms with Gasteiger partial charge in [0.05, 0.1) is 12.6 Å². The summed E-state index contributed by atoms with van der Waals surface area (Å²) in [4.78, 5) is 27.5. The van der Waals surface area contributed by atoms with E-state index in [1.165, 1.54) is 4.90 Å². The normalized spacial score (nSPS) is 22.9. The molecule has 2 atom stereocenters. The van der Waals surface area contributed by atoms with Crippen molar-refractivity contribution in [3.63, 3.8) is 0 Å². The van der Waals surface area contributed by atoms with Gasteiger partial charge < -0.3 is 10.0 Å². The van der Waals surface area contributed by atoms with Crippen LogP contribution in [0.5, 0.6) is 0 Å².